The lowest BCUT2D eigenvalue weighted by molar-refractivity contribution is -0.150. The van der Waals surface area contributed by atoms with Gasteiger partial charge in [-0.15, -0.1) is 0 Å². The molecule has 0 aromatic heterocycles. The molecule has 1 aliphatic rings. The van der Waals surface area contributed by atoms with Crippen LogP contribution >= 0.6 is 0 Å². The Bertz CT molecular complexity index is 1410. The molecule has 216 valence electrons. The van der Waals surface area contributed by atoms with Crippen LogP contribution in [0.1, 0.15) is 63.6 Å². The monoisotopic (exact) mass is 556 g/mol. The van der Waals surface area contributed by atoms with Gasteiger partial charge in [0.05, 0.1) is 17.6 Å². The third-order valence-corrected chi connectivity index (χ3v) is 7.76. The number of carbonyl (C=O) groups is 3. The van der Waals surface area contributed by atoms with Crippen LogP contribution in [0.3, 0.4) is 0 Å². The quantitative estimate of drug-likeness (QED) is 0.284. The first-order valence-electron chi connectivity index (χ1n) is 14.3. The number of anilines is 2. The van der Waals surface area contributed by atoms with Crippen molar-refractivity contribution in [2.75, 3.05) is 10.6 Å². The van der Waals surface area contributed by atoms with E-state index in [9.17, 15) is 19.5 Å². The number of carbonyl (C=O) groups excluding carboxylic acids is 3. The number of ether oxygens (including phenoxy) is 1. The number of amides is 2. The number of aryl methyl sites for hydroxylation is 2. The molecule has 0 bridgehead atoms. The largest absolute Gasteiger partial charge is 0.491 e. The second-order valence-corrected chi connectivity index (χ2v) is 11.2. The molecule has 3 aromatic carbocycles. The zero-order valence-corrected chi connectivity index (χ0v) is 24.4. The summed E-state index contributed by atoms with van der Waals surface area (Å²) in [5.41, 5.74) is 2.02. The van der Waals surface area contributed by atoms with Gasteiger partial charge in [0.15, 0.2) is 0 Å². The van der Waals surface area contributed by atoms with Crippen molar-refractivity contribution in [2.45, 2.75) is 71.5 Å². The molecule has 0 aliphatic heterocycles. The minimum Gasteiger partial charge on any atom is -0.491 e. The summed E-state index contributed by atoms with van der Waals surface area (Å²) in [7, 11) is 0. The third-order valence-electron chi connectivity index (χ3n) is 7.76. The smallest absolute Gasteiger partial charge is 0.235 e. The fourth-order valence-electron chi connectivity index (χ4n) is 5.88. The van der Waals surface area contributed by atoms with Gasteiger partial charge in [-0.3, -0.25) is 14.4 Å². The van der Waals surface area contributed by atoms with Gasteiger partial charge in [-0.25, -0.2) is 0 Å². The molecule has 2 amide bonds. The molecule has 7 heteroatoms. The van der Waals surface area contributed by atoms with E-state index in [1.165, 1.54) is 6.92 Å². The van der Waals surface area contributed by atoms with Gasteiger partial charge in [0, 0.05) is 23.7 Å². The molecular formula is C34H40N2O5. The Hall–Kier alpha value is -3.97. The van der Waals surface area contributed by atoms with Crippen LogP contribution in [0.15, 0.2) is 72.8 Å². The van der Waals surface area contributed by atoms with Crippen LogP contribution in [-0.4, -0.2) is 34.4 Å². The summed E-state index contributed by atoms with van der Waals surface area (Å²) in [6, 6.07) is 22.1. The highest BCUT2D eigenvalue weighted by atomic mass is 16.5. The number of Topliss-reactive ketones (excluding diaryl/α,β-unsaturated/α-hetero) is 1. The van der Waals surface area contributed by atoms with Crippen molar-refractivity contribution in [3.63, 3.8) is 0 Å². The fourth-order valence-corrected chi connectivity index (χ4v) is 5.88. The zero-order valence-electron chi connectivity index (χ0n) is 24.4. The summed E-state index contributed by atoms with van der Waals surface area (Å²) < 4.78 is 5.92. The minimum atomic E-state index is -1.69. The predicted octanol–water partition coefficient (Wildman–Crippen LogP) is 5.92. The van der Waals surface area contributed by atoms with Gasteiger partial charge in [-0.05, 0) is 74.6 Å². The summed E-state index contributed by atoms with van der Waals surface area (Å²) in [6.45, 7) is 9.31. The maximum Gasteiger partial charge on any atom is 0.235 e. The summed E-state index contributed by atoms with van der Waals surface area (Å²) in [5, 5.41) is 17.6. The van der Waals surface area contributed by atoms with Crippen molar-refractivity contribution in [1.82, 2.24) is 0 Å². The molecule has 0 spiro atoms. The highest BCUT2D eigenvalue weighted by Crippen LogP contribution is 2.47. The van der Waals surface area contributed by atoms with Crippen LogP contribution in [0.4, 0.5) is 11.4 Å². The number of hydrogen-bond donors (Lipinski definition) is 3. The number of para-hydroxylation sites is 2. The summed E-state index contributed by atoms with van der Waals surface area (Å²) in [6.07, 6.45) is 0.974. The Morgan fingerprint density at radius 3 is 2.02 bits per heavy atom. The third kappa shape index (κ3) is 6.68. The molecule has 4 atom stereocenters. The van der Waals surface area contributed by atoms with E-state index in [0.717, 1.165) is 11.1 Å². The van der Waals surface area contributed by atoms with Crippen molar-refractivity contribution in [2.24, 2.45) is 11.8 Å². The Morgan fingerprint density at radius 2 is 1.46 bits per heavy atom. The average Bonchev–Trinajstić information content (AvgIpc) is 2.92. The molecule has 3 aromatic rings. The van der Waals surface area contributed by atoms with E-state index in [1.807, 2.05) is 70.2 Å². The van der Waals surface area contributed by atoms with Gasteiger partial charge in [-0.1, -0.05) is 62.4 Å². The van der Waals surface area contributed by atoms with Gasteiger partial charge in [0.25, 0.3) is 0 Å². The van der Waals surface area contributed by atoms with E-state index in [-0.39, 0.29) is 12.5 Å². The normalized spacial score (nSPS) is 22.3. The second kappa shape index (κ2) is 12.7. The molecule has 3 N–H and O–H groups in total. The molecule has 1 aliphatic carbocycles. The van der Waals surface area contributed by atoms with Gasteiger partial charge < -0.3 is 20.5 Å². The molecule has 0 saturated heterocycles. The number of rotatable bonds is 9. The summed E-state index contributed by atoms with van der Waals surface area (Å²) in [4.78, 5) is 41.7. The van der Waals surface area contributed by atoms with Crippen molar-refractivity contribution in [3.05, 3.63) is 89.5 Å². The number of hydrogen-bond acceptors (Lipinski definition) is 5. The Morgan fingerprint density at radius 1 is 0.902 bits per heavy atom. The molecule has 0 heterocycles. The molecule has 41 heavy (non-hydrogen) atoms. The molecule has 4 unspecified atom stereocenters. The van der Waals surface area contributed by atoms with Crippen LogP contribution in [0, 0.1) is 11.8 Å². The SMILES string of the molecule is CCc1ccccc1NC(=O)C1C(=O)CC(C)(O)C(C(=O)Nc2ccccc2CC)C1c1cccc(OC(C)C)c1. The van der Waals surface area contributed by atoms with Crippen LogP contribution in [-0.2, 0) is 27.2 Å². The standard InChI is InChI=1S/C34H40N2O5/c1-6-22-13-8-10-17-26(22)35-32(38)30-28(37)20-34(5,40)31(33(39)36-27-18-11-9-14-23(27)7-2)29(30)24-15-12-16-25(19-24)41-21(3)4/h8-19,21,29-31,40H,6-7,20H2,1-5H3,(H,35,38)(H,36,39). The van der Waals surface area contributed by atoms with Crippen LogP contribution < -0.4 is 15.4 Å². The Kier molecular flexibility index (Phi) is 9.28. The predicted molar refractivity (Wildman–Crippen MR) is 161 cm³/mol. The first-order chi connectivity index (χ1) is 19.6. The molecule has 1 fully saturated rings. The van der Waals surface area contributed by atoms with E-state index < -0.39 is 41.0 Å². The van der Waals surface area contributed by atoms with E-state index in [4.69, 9.17) is 4.74 Å². The summed E-state index contributed by atoms with van der Waals surface area (Å²) in [5.74, 6) is -4.05. The first kappa shape index (κ1) is 30.0. The van der Waals surface area contributed by atoms with Crippen LogP contribution in [0.2, 0.25) is 0 Å². The van der Waals surface area contributed by atoms with Gasteiger partial charge in [-0.2, -0.15) is 0 Å². The number of ketones is 1. The van der Waals surface area contributed by atoms with Crippen LogP contribution in [0.5, 0.6) is 5.75 Å². The van der Waals surface area contributed by atoms with E-state index in [1.54, 1.807) is 30.3 Å². The maximum atomic E-state index is 14.1. The van der Waals surface area contributed by atoms with E-state index in [2.05, 4.69) is 10.6 Å². The zero-order chi connectivity index (χ0) is 29.7. The van der Waals surface area contributed by atoms with E-state index >= 15 is 0 Å². The fraction of sp³-hybridized carbons (Fsp3) is 0.382. The Balaban J connectivity index is 1.81. The van der Waals surface area contributed by atoms with Gasteiger partial charge >= 0.3 is 0 Å². The van der Waals surface area contributed by atoms with Gasteiger partial charge in [0.2, 0.25) is 11.8 Å². The lowest BCUT2D eigenvalue weighted by Gasteiger charge is -2.44. The van der Waals surface area contributed by atoms with Crippen molar-refractivity contribution in [3.8, 4) is 5.75 Å². The molecule has 1 saturated carbocycles. The lowest BCUT2D eigenvalue weighted by Crippen LogP contribution is -2.56. The minimum absolute atomic E-state index is 0.101. The lowest BCUT2D eigenvalue weighted by atomic mass is 9.61. The highest BCUT2D eigenvalue weighted by molar-refractivity contribution is 6.10. The van der Waals surface area contributed by atoms with Gasteiger partial charge in [0.1, 0.15) is 17.5 Å². The number of nitrogens with one attached hydrogen (secondary N) is 2. The summed E-state index contributed by atoms with van der Waals surface area (Å²) >= 11 is 0. The van der Waals surface area contributed by atoms with Crippen molar-refractivity contribution in [1.29, 1.82) is 0 Å². The molecule has 0 radical (unpaired) electrons. The maximum absolute atomic E-state index is 14.1. The van der Waals surface area contributed by atoms with E-state index in [0.29, 0.717) is 35.5 Å². The van der Waals surface area contributed by atoms with Crippen molar-refractivity contribution >= 4 is 29.0 Å². The van der Waals surface area contributed by atoms with Crippen LogP contribution in [0.25, 0.3) is 0 Å². The average molecular weight is 557 g/mol. The first-order valence-corrected chi connectivity index (χ1v) is 14.3. The second-order valence-electron chi connectivity index (χ2n) is 11.2. The number of aliphatic hydroxyl groups is 1. The molecular weight excluding hydrogens is 516 g/mol. The molecule has 4 rings (SSSR count). The molecule has 7 nitrogen and oxygen atoms in total. The topological polar surface area (TPSA) is 105 Å². The van der Waals surface area contributed by atoms with Crippen molar-refractivity contribution < 1.29 is 24.2 Å². The number of benzene rings is 3. The Labute approximate surface area is 242 Å². The highest BCUT2D eigenvalue weighted by Gasteiger charge is 2.56.